The number of benzene rings is 1. The summed E-state index contributed by atoms with van der Waals surface area (Å²) >= 11 is 0. The molecule has 1 saturated heterocycles. The fourth-order valence-electron chi connectivity index (χ4n) is 2.93. The smallest absolute Gasteiger partial charge is 0.114 e. The van der Waals surface area contributed by atoms with Gasteiger partial charge >= 0.3 is 0 Å². The van der Waals surface area contributed by atoms with Crippen molar-refractivity contribution in [2.45, 2.75) is 18.6 Å². The average Bonchev–Trinajstić information content (AvgIpc) is 3.06. The van der Waals surface area contributed by atoms with Crippen LogP contribution in [0.3, 0.4) is 0 Å². The standard InChI is InChI=1S/C14H21FN2.C6H6N2O.Pr/c1-16(2)14(12-6-4-3-5-7-12)11-17-9-8-13(15)10-17;7-6(9)5-3-1-2-4-8-5;/h3-7,13-14H,8-11H2,1-2H3;1-4H,(H2,7,9);/p-1/t13-,14+;;/m0../s1. The van der Waals surface area contributed by atoms with Crippen molar-refractivity contribution >= 4 is 5.91 Å². The van der Waals surface area contributed by atoms with Crippen LogP contribution in [0.15, 0.2) is 54.7 Å². The maximum absolute atomic E-state index is 13.2. The van der Waals surface area contributed by atoms with Crippen LogP contribution in [0, 0.1) is 41.3 Å². The van der Waals surface area contributed by atoms with Crippen molar-refractivity contribution < 1.29 is 50.5 Å². The summed E-state index contributed by atoms with van der Waals surface area (Å²) in [6, 6.07) is 15.7. The number of rotatable bonds is 5. The molecule has 7 heteroatoms. The first-order valence-electron chi connectivity index (χ1n) is 8.72. The van der Waals surface area contributed by atoms with Gasteiger partial charge in [-0.25, -0.2) is 4.39 Å². The molecule has 0 spiro atoms. The maximum atomic E-state index is 13.2. The Morgan fingerprint density at radius 2 is 1.93 bits per heavy atom. The first kappa shape index (κ1) is 24.1. The molecule has 0 saturated carbocycles. The van der Waals surface area contributed by atoms with Crippen molar-refractivity contribution in [1.82, 2.24) is 14.8 Å². The van der Waals surface area contributed by atoms with E-state index >= 15 is 0 Å². The number of likely N-dealkylation sites (N-methyl/N-ethyl adjacent to an activating group) is 1. The molecule has 1 amide bonds. The van der Waals surface area contributed by atoms with Crippen molar-refractivity contribution in [3.8, 4) is 0 Å². The van der Waals surface area contributed by atoms with Crippen molar-refractivity contribution in [2.75, 3.05) is 33.7 Å². The van der Waals surface area contributed by atoms with Crippen molar-refractivity contribution in [1.29, 1.82) is 0 Å². The second kappa shape index (κ2) is 12.5. The Bertz CT molecular complexity index is 672. The predicted molar refractivity (Wildman–Crippen MR) is 102 cm³/mol. The summed E-state index contributed by atoms with van der Waals surface area (Å²) in [6.07, 6.45) is 1.55. The van der Waals surface area contributed by atoms with Crippen LogP contribution in [-0.2, 0) is 0 Å². The minimum Gasteiger partial charge on any atom is -0.662 e. The second-order valence-electron chi connectivity index (χ2n) is 6.58. The summed E-state index contributed by atoms with van der Waals surface area (Å²) in [5.41, 5.74) is 8.11. The molecule has 143 valence electrons. The molecule has 1 aromatic heterocycles. The number of amides is 1. The number of carbonyl (C=O) groups is 1. The van der Waals surface area contributed by atoms with E-state index in [-0.39, 0.29) is 47.0 Å². The van der Waals surface area contributed by atoms with Gasteiger partial charge in [0.15, 0.2) is 0 Å². The van der Waals surface area contributed by atoms with E-state index in [1.807, 2.05) is 6.07 Å². The van der Waals surface area contributed by atoms with Crippen molar-refractivity contribution in [3.63, 3.8) is 0 Å². The van der Waals surface area contributed by atoms with Gasteiger partial charge in [-0.3, -0.25) is 9.88 Å². The summed E-state index contributed by atoms with van der Waals surface area (Å²) in [4.78, 5) is 18.3. The molecule has 1 radical (unpaired) electrons. The molecule has 3 rings (SSSR count). The van der Waals surface area contributed by atoms with E-state index in [2.05, 4.69) is 53.1 Å². The number of carbonyl (C=O) groups excluding carboxylic acids is 1. The molecule has 27 heavy (non-hydrogen) atoms. The molecular formula is C20H26FN4OPr-. The quantitative estimate of drug-likeness (QED) is 0.632. The van der Waals surface area contributed by atoms with Gasteiger partial charge in [0.2, 0.25) is 0 Å². The molecule has 0 bridgehead atoms. The van der Waals surface area contributed by atoms with Crippen LogP contribution in [0.1, 0.15) is 28.5 Å². The molecule has 0 unspecified atom stereocenters. The minimum atomic E-state index is -0.740. The zero-order valence-corrected chi connectivity index (χ0v) is 19.6. The number of aromatic nitrogens is 1. The molecular weight excluding hydrogens is 472 g/mol. The van der Waals surface area contributed by atoms with Gasteiger partial charge in [-0.2, -0.15) is 0 Å². The Labute approximate surface area is 194 Å². The molecule has 2 aromatic rings. The molecule has 1 fully saturated rings. The van der Waals surface area contributed by atoms with Gasteiger partial charge in [0.25, 0.3) is 0 Å². The Kier molecular flexibility index (Phi) is 11.2. The fourth-order valence-corrected chi connectivity index (χ4v) is 2.93. The molecule has 1 N–H and O–H groups in total. The minimum absolute atomic E-state index is 0. The number of halogens is 1. The van der Waals surface area contributed by atoms with Crippen LogP contribution < -0.4 is 0 Å². The largest absolute Gasteiger partial charge is 0.662 e. The van der Waals surface area contributed by atoms with Gasteiger partial charge in [0.1, 0.15) is 6.17 Å². The second-order valence-corrected chi connectivity index (χ2v) is 6.58. The van der Waals surface area contributed by atoms with Crippen molar-refractivity contribution in [2.24, 2.45) is 0 Å². The first-order chi connectivity index (χ1) is 12.5. The van der Waals surface area contributed by atoms with E-state index in [9.17, 15) is 9.18 Å². The molecule has 2 heterocycles. The monoisotopic (exact) mass is 498 g/mol. The fraction of sp³-hybridized carbons (Fsp3) is 0.400. The van der Waals surface area contributed by atoms with E-state index < -0.39 is 12.1 Å². The van der Waals surface area contributed by atoms with Crippen LogP contribution in [-0.4, -0.2) is 60.6 Å². The van der Waals surface area contributed by atoms with Crippen molar-refractivity contribution in [3.05, 3.63) is 71.7 Å². The third-order valence-electron chi connectivity index (χ3n) is 4.35. The molecule has 1 aliphatic heterocycles. The van der Waals surface area contributed by atoms with Crippen LogP contribution in [0.2, 0.25) is 0 Å². The first-order valence-corrected chi connectivity index (χ1v) is 8.72. The molecule has 1 aliphatic rings. The van der Waals surface area contributed by atoms with Crippen LogP contribution >= 0.6 is 0 Å². The van der Waals surface area contributed by atoms with Crippen LogP contribution in [0.5, 0.6) is 0 Å². The predicted octanol–water partition coefficient (Wildman–Crippen LogP) is 3.61. The van der Waals surface area contributed by atoms with E-state index in [4.69, 9.17) is 5.73 Å². The number of nitrogens with zero attached hydrogens (tertiary/aromatic N) is 3. The molecule has 5 nitrogen and oxygen atoms in total. The average molecular weight is 498 g/mol. The summed E-state index contributed by atoms with van der Waals surface area (Å²) < 4.78 is 13.2. The number of pyridine rings is 1. The molecule has 0 aliphatic carbocycles. The van der Waals surface area contributed by atoms with Gasteiger partial charge in [-0.05, 0) is 38.2 Å². The van der Waals surface area contributed by atoms with Gasteiger partial charge in [0.05, 0.1) is 11.6 Å². The third-order valence-corrected chi connectivity index (χ3v) is 4.35. The van der Waals surface area contributed by atoms with Crippen LogP contribution in [0.4, 0.5) is 4.39 Å². The van der Waals surface area contributed by atoms with E-state index in [1.54, 1.807) is 12.1 Å². The number of hydrogen-bond acceptors (Lipinski definition) is 4. The zero-order valence-electron chi connectivity index (χ0n) is 15.9. The Morgan fingerprint density at radius 1 is 1.26 bits per heavy atom. The van der Waals surface area contributed by atoms with E-state index in [1.165, 1.54) is 17.8 Å². The summed E-state index contributed by atoms with van der Waals surface area (Å²) in [5.74, 6) is -0.740. The number of alkyl halides is 1. The SMILES string of the molecule is CN(C)[C@H](CN1CC[C@H](F)C1)c1ccccc1.[NH-]C(=O)c1ccccn1.[Pr]. The Hall–Kier alpha value is -0.946. The molecule has 2 atom stereocenters. The summed E-state index contributed by atoms with van der Waals surface area (Å²) in [7, 11) is 4.17. The maximum Gasteiger partial charge on any atom is 0.114 e. The summed E-state index contributed by atoms with van der Waals surface area (Å²) in [5, 5.41) is 0. The topological polar surface area (TPSA) is 60.2 Å². The van der Waals surface area contributed by atoms with Gasteiger partial charge in [-0.1, -0.05) is 36.4 Å². The number of nitrogens with one attached hydrogen (secondary N) is 1. The Balaban J connectivity index is 0.000000310. The molecule has 1 aromatic carbocycles. The zero-order chi connectivity index (χ0) is 18.9. The number of hydrogen-bond donors (Lipinski definition) is 0. The Morgan fingerprint density at radius 3 is 2.37 bits per heavy atom. The number of likely N-dealkylation sites (tertiary alicyclic amines) is 1. The van der Waals surface area contributed by atoms with Gasteiger partial charge in [0, 0.05) is 73.2 Å². The van der Waals surface area contributed by atoms with Gasteiger partial charge in [-0.15, -0.1) is 0 Å². The van der Waals surface area contributed by atoms with E-state index in [0.717, 1.165) is 13.1 Å². The summed E-state index contributed by atoms with van der Waals surface area (Å²) in [6.45, 7) is 2.40. The third kappa shape index (κ3) is 8.30. The van der Waals surface area contributed by atoms with E-state index in [0.29, 0.717) is 19.0 Å². The van der Waals surface area contributed by atoms with Crippen LogP contribution in [0.25, 0.3) is 5.73 Å². The normalized spacial score (nSPS) is 17.6. The van der Waals surface area contributed by atoms with Gasteiger partial charge < -0.3 is 15.4 Å².